The van der Waals surface area contributed by atoms with Crippen molar-refractivity contribution in [2.45, 2.75) is 32.1 Å². The summed E-state index contributed by atoms with van der Waals surface area (Å²) in [5.41, 5.74) is -0.626. The highest BCUT2D eigenvalue weighted by Crippen LogP contribution is 2.52. The molecule has 3 rings (SSSR count). The zero-order chi connectivity index (χ0) is 19.1. The van der Waals surface area contributed by atoms with Gasteiger partial charge in [-0.2, -0.15) is 0 Å². The summed E-state index contributed by atoms with van der Waals surface area (Å²) in [6.45, 7) is 1.20. The van der Waals surface area contributed by atoms with Crippen molar-refractivity contribution in [3.63, 3.8) is 0 Å². The van der Waals surface area contributed by atoms with Gasteiger partial charge >= 0.3 is 11.9 Å². The number of aliphatic hydroxyl groups is 1. The van der Waals surface area contributed by atoms with Gasteiger partial charge in [-0.05, 0) is 6.07 Å². The third kappa shape index (κ3) is 3.02. The largest absolute Gasteiger partial charge is 0.481 e. The molecule has 3 N–H and O–H groups in total. The molecule has 2 aromatic heterocycles. The second kappa shape index (κ2) is 6.82. The van der Waals surface area contributed by atoms with Crippen LogP contribution in [0.25, 0.3) is 11.0 Å². The number of fused-ring (bicyclic) bond motifs is 1. The van der Waals surface area contributed by atoms with Crippen molar-refractivity contribution in [3.8, 4) is 0 Å². The van der Waals surface area contributed by atoms with Gasteiger partial charge in [0.15, 0.2) is 0 Å². The lowest BCUT2D eigenvalue weighted by Gasteiger charge is -2.32. The fraction of sp³-hybridized carbons (Fsp3) is 0.500. The maximum absolute atomic E-state index is 11.4. The summed E-state index contributed by atoms with van der Waals surface area (Å²) in [5, 5.41) is 29.2. The summed E-state index contributed by atoms with van der Waals surface area (Å²) in [6, 6.07) is 1.68. The Balaban J connectivity index is 2.10. The van der Waals surface area contributed by atoms with E-state index < -0.39 is 42.2 Å². The monoisotopic (exact) mass is 383 g/mol. The molecule has 0 bridgehead atoms. The van der Waals surface area contributed by atoms with Crippen LogP contribution in [0.15, 0.2) is 18.6 Å². The van der Waals surface area contributed by atoms with E-state index in [1.165, 1.54) is 6.33 Å². The number of rotatable bonds is 6. The number of carbonyl (C=O) groups is 2. The van der Waals surface area contributed by atoms with Crippen molar-refractivity contribution in [1.29, 1.82) is 0 Å². The molecule has 0 amide bonds. The van der Waals surface area contributed by atoms with Gasteiger partial charge in [-0.15, -0.1) is 0 Å². The quantitative estimate of drug-likeness (QED) is 0.639. The minimum atomic E-state index is -1.09. The number of halogens is 1. The third-order valence-corrected chi connectivity index (χ3v) is 5.36. The smallest absolute Gasteiger partial charge is 0.304 e. The Bertz CT molecular complexity index is 856. The van der Waals surface area contributed by atoms with Crippen molar-refractivity contribution in [2.75, 3.05) is 6.61 Å². The molecule has 26 heavy (non-hydrogen) atoms. The van der Waals surface area contributed by atoms with Crippen LogP contribution in [-0.2, 0) is 14.3 Å². The summed E-state index contributed by atoms with van der Waals surface area (Å²) in [7, 11) is 0. The normalized spacial score (nSPS) is 28.5. The van der Waals surface area contributed by atoms with E-state index in [2.05, 4.69) is 9.97 Å². The first-order chi connectivity index (χ1) is 12.3. The van der Waals surface area contributed by atoms with Crippen molar-refractivity contribution in [2.24, 2.45) is 11.3 Å². The lowest BCUT2D eigenvalue weighted by molar-refractivity contribution is -0.144. The minimum absolute atomic E-state index is 0.244. The van der Waals surface area contributed by atoms with Gasteiger partial charge in [-0.3, -0.25) is 9.59 Å². The van der Waals surface area contributed by atoms with E-state index in [-0.39, 0.29) is 18.0 Å². The predicted octanol–water partition coefficient (Wildman–Crippen LogP) is 1.55. The molecule has 0 spiro atoms. The Morgan fingerprint density at radius 2 is 2.08 bits per heavy atom. The van der Waals surface area contributed by atoms with Gasteiger partial charge in [-0.1, -0.05) is 18.5 Å². The van der Waals surface area contributed by atoms with Crippen molar-refractivity contribution in [1.82, 2.24) is 14.5 Å². The molecule has 3 heterocycles. The standard InChI is InChI=1S/C16H18ClN3O6/c1-16(5-12(24)25)9(4-11(22)23)15(26-10(16)6-21)20-3-2-8-13(17)18-7-19-14(8)20/h2-3,7,9-10,15,21H,4-6H2,1H3,(H,22,23)(H,24,25)/t9-,10-,15+,16+/m0/s1. The number of hydrogen-bond acceptors (Lipinski definition) is 6. The van der Waals surface area contributed by atoms with Gasteiger partial charge in [0.25, 0.3) is 0 Å². The van der Waals surface area contributed by atoms with Crippen LogP contribution in [0.2, 0.25) is 5.15 Å². The molecule has 2 aromatic rings. The van der Waals surface area contributed by atoms with Gasteiger partial charge in [0.2, 0.25) is 0 Å². The average molecular weight is 384 g/mol. The molecule has 0 unspecified atom stereocenters. The zero-order valence-electron chi connectivity index (χ0n) is 13.9. The van der Waals surface area contributed by atoms with Crippen LogP contribution in [0.4, 0.5) is 0 Å². The molecule has 0 radical (unpaired) electrons. The molecular weight excluding hydrogens is 366 g/mol. The Kier molecular flexibility index (Phi) is 4.87. The van der Waals surface area contributed by atoms with Gasteiger partial charge in [0.1, 0.15) is 23.4 Å². The number of carboxylic acids is 2. The molecular formula is C16H18ClN3O6. The van der Waals surface area contributed by atoms with E-state index in [0.29, 0.717) is 11.0 Å². The second-order valence-corrected chi connectivity index (χ2v) is 6.96. The molecule has 10 heteroatoms. The highest BCUT2D eigenvalue weighted by molar-refractivity contribution is 6.33. The number of carboxylic acid groups (broad SMARTS) is 2. The van der Waals surface area contributed by atoms with Gasteiger partial charge in [-0.25, -0.2) is 9.97 Å². The molecule has 0 aliphatic carbocycles. The van der Waals surface area contributed by atoms with Crippen LogP contribution in [0.1, 0.15) is 26.0 Å². The fourth-order valence-electron chi connectivity index (χ4n) is 3.73. The Labute approximate surface area is 153 Å². The number of hydrogen-bond donors (Lipinski definition) is 3. The molecule has 0 aromatic carbocycles. The summed E-state index contributed by atoms with van der Waals surface area (Å²) in [6.07, 6.45) is 0.637. The number of aliphatic carboxylic acids is 2. The summed E-state index contributed by atoms with van der Waals surface area (Å²) in [4.78, 5) is 30.9. The van der Waals surface area contributed by atoms with Crippen molar-refractivity contribution >= 4 is 34.6 Å². The van der Waals surface area contributed by atoms with Crippen LogP contribution >= 0.6 is 11.6 Å². The molecule has 1 saturated heterocycles. The molecule has 1 fully saturated rings. The van der Waals surface area contributed by atoms with Crippen LogP contribution in [0, 0.1) is 11.3 Å². The summed E-state index contributed by atoms with van der Waals surface area (Å²) >= 11 is 6.06. The highest BCUT2D eigenvalue weighted by Gasteiger charge is 2.55. The van der Waals surface area contributed by atoms with E-state index in [4.69, 9.17) is 16.3 Å². The SMILES string of the molecule is C[C@]1(CC(=O)O)[C@H](CO)O[C@@H](n2ccc3c(Cl)ncnc32)[C@@H]1CC(=O)O. The maximum Gasteiger partial charge on any atom is 0.304 e. The summed E-state index contributed by atoms with van der Waals surface area (Å²) < 4.78 is 7.53. The fourth-order valence-corrected chi connectivity index (χ4v) is 3.92. The number of aromatic nitrogens is 3. The Morgan fingerprint density at radius 1 is 1.35 bits per heavy atom. The molecule has 0 saturated carbocycles. The van der Waals surface area contributed by atoms with Crippen LogP contribution < -0.4 is 0 Å². The second-order valence-electron chi connectivity index (χ2n) is 6.60. The minimum Gasteiger partial charge on any atom is -0.481 e. The van der Waals surface area contributed by atoms with Crippen LogP contribution in [0.5, 0.6) is 0 Å². The highest BCUT2D eigenvalue weighted by atomic mass is 35.5. The molecule has 9 nitrogen and oxygen atoms in total. The first kappa shape index (κ1) is 18.6. The van der Waals surface area contributed by atoms with E-state index >= 15 is 0 Å². The molecule has 1 aliphatic rings. The predicted molar refractivity (Wildman–Crippen MR) is 89.6 cm³/mol. The van der Waals surface area contributed by atoms with E-state index in [1.54, 1.807) is 23.8 Å². The molecule has 1 aliphatic heterocycles. The topological polar surface area (TPSA) is 135 Å². The molecule has 140 valence electrons. The molecule has 4 atom stereocenters. The Morgan fingerprint density at radius 3 is 2.69 bits per heavy atom. The van der Waals surface area contributed by atoms with Crippen molar-refractivity contribution < 1.29 is 29.6 Å². The summed E-state index contributed by atoms with van der Waals surface area (Å²) in [5.74, 6) is -2.87. The first-order valence-electron chi connectivity index (χ1n) is 7.95. The first-order valence-corrected chi connectivity index (χ1v) is 8.32. The number of nitrogens with zero attached hydrogens (tertiary/aromatic N) is 3. The lowest BCUT2D eigenvalue weighted by Crippen LogP contribution is -2.39. The maximum atomic E-state index is 11.4. The van der Waals surface area contributed by atoms with Gasteiger partial charge in [0.05, 0.1) is 30.9 Å². The Hall–Kier alpha value is -2.23. The number of aliphatic hydroxyl groups excluding tert-OH is 1. The van der Waals surface area contributed by atoms with E-state index in [9.17, 15) is 24.9 Å². The van der Waals surface area contributed by atoms with Gasteiger partial charge < -0.3 is 24.6 Å². The van der Waals surface area contributed by atoms with Gasteiger partial charge in [0, 0.05) is 17.5 Å². The zero-order valence-corrected chi connectivity index (χ0v) is 14.6. The van der Waals surface area contributed by atoms with E-state index in [0.717, 1.165) is 0 Å². The average Bonchev–Trinajstić information content (AvgIpc) is 3.08. The number of ether oxygens (including phenoxy) is 1. The lowest BCUT2D eigenvalue weighted by atomic mass is 9.70. The van der Waals surface area contributed by atoms with Crippen molar-refractivity contribution in [3.05, 3.63) is 23.7 Å². The van der Waals surface area contributed by atoms with Crippen LogP contribution in [0.3, 0.4) is 0 Å². The third-order valence-electron chi connectivity index (χ3n) is 5.06. The van der Waals surface area contributed by atoms with E-state index in [1.807, 2.05) is 0 Å². The van der Waals surface area contributed by atoms with Crippen LogP contribution in [-0.4, -0.2) is 54.5 Å².